The topological polar surface area (TPSA) is 68.1 Å². The molecule has 1 aromatic heterocycles. The van der Waals surface area contributed by atoms with Crippen molar-refractivity contribution in [3.8, 4) is 0 Å². The Morgan fingerprint density at radius 1 is 1.33 bits per heavy atom. The Labute approximate surface area is 121 Å². The summed E-state index contributed by atoms with van der Waals surface area (Å²) in [5.41, 5.74) is -3.68. The summed E-state index contributed by atoms with van der Waals surface area (Å²) in [6, 6.07) is 6.05. The highest BCUT2D eigenvalue weighted by molar-refractivity contribution is 8.00. The molecule has 0 bridgehead atoms. The summed E-state index contributed by atoms with van der Waals surface area (Å²) in [7, 11) is 0. The lowest BCUT2D eigenvalue weighted by Crippen LogP contribution is -2.09. The molecule has 0 unspecified atom stereocenters. The number of rotatable bonds is 5. The number of non-ortho nitro benzene ring substituents is 1. The minimum absolute atomic E-state index is 0.0893. The first kappa shape index (κ1) is 15.4. The summed E-state index contributed by atoms with van der Waals surface area (Å²) < 4.78 is 36.1. The number of nitrogens with one attached hydrogen (secondary N) is 1. The summed E-state index contributed by atoms with van der Waals surface area (Å²) in [5.74, 6) is -0.151. The van der Waals surface area contributed by atoms with Crippen LogP contribution in [-0.4, -0.2) is 27.7 Å². The largest absolute Gasteiger partial charge is 0.441 e. The molecule has 0 radical (unpaired) electrons. The molecule has 2 rings (SSSR count). The molecule has 0 saturated carbocycles. The van der Waals surface area contributed by atoms with Crippen LogP contribution in [0.4, 0.5) is 24.5 Å². The molecule has 0 spiro atoms. The first-order valence-electron chi connectivity index (χ1n) is 5.85. The fourth-order valence-electron chi connectivity index (χ4n) is 1.81. The number of nitro groups is 1. The molecule has 1 aromatic carbocycles. The number of benzene rings is 1. The van der Waals surface area contributed by atoms with Gasteiger partial charge in [0, 0.05) is 35.6 Å². The first-order chi connectivity index (χ1) is 9.88. The molecule has 0 amide bonds. The van der Waals surface area contributed by atoms with Gasteiger partial charge >= 0.3 is 5.51 Å². The number of alkyl halides is 3. The van der Waals surface area contributed by atoms with Crippen LogP contribution in [0.15, 0.2) is 30.5 Å². The molecule has 0 aliphatic carbocycles. The molecule has 1 N–H and O–H groups in total. The molecule has 0 atom stereocenters. The highest BCUT2D eigenvalue weighted by Crippen LogP contribution is 2.31. The molecule has 0 aliphatic rings. The third-order valence-electron chi connectivity index (χ3n) is 2.63. The molecule has 0 fully saturated rings. The van der Waals surface area contributed by atoms with Crippen LogP contribution in [0.1, 0.15) is 0 Å². The first-order valence-corrected chi connectivity index (χ1v) is 6.84. The molecular weight excluding hydrogens is 307 g/mol. The molecule has 1 heterocycles. The number of halogens is 3. The van der Waals surface area contributed by atoms with Crippen LogP contribution >= 0.6 is 11.8 Å². The van der Waals surface area contributed by atoms with E-state index in [0.717, 1.165) is 0 Å². The van der Waals surface area contributed by atoms with Crippen LogP contribution in [-0.2, 0) is 0 Å². The van der Waals surface area contributed by atoms with Crippen molar-refractivity contribution in [2.75, 3.05) is 17.6 Å². The second-order valence-corrected chi connectivity index (χ2v) is 5.17. The fraction of sp³-hybridized carbons (Fsp3) is 0.250. The Balaban J connectivity index is 2.18. The van der Waals surface area contributed by atoms with Gasteiger partial charge < -0.3 is 5.32 Å². The van der Waals surface area contributed by atoms with Crippen molar-refractivity contribution in [1.82, 2.24) is 4.98 Å². The average Bonchev–Trinajstić information content (AvgIpc) is 2.41. The number of nitro benzene ring substituents is 1. The Hall–Kier alpha value is -2.03. The quantitative estimate of drug-likeness (QED) is 0.516. The Morgan fingerprint density at radius 2 is 2.10 bits per heavy atom. The Morgan fingerprint density at radius 3 is 2.76 bits per heavy atom. The molecule has 0 saturated heterocycles. The van der Waals surface area contributed by atoms with Gasteiger partial charge in [-0.25, -0.2) is 4.98 Å². The van der Waals surface area contributed by atoms with Gasteiger partial charge in [-0.1, -0.05) is 12.1 Å². The molecule has 2 aromatic rings. The fourth-order valence-corrected chi connectivity index (χ4v) is 2.25. The highest BCUT2D eigenvalue weighted by Gasteiger charge is 2.27. The Kier molecular flexibility index (Phi) is 4.51. The van der Waals surface area contributed by atoms with Crippen LogP contribution in [0, 0.1) is 10.1 Å². The summed E-state index contributed by atoms with van der Waals surface area (Å²) in [6.07, 6.45) is 1.38. The van der Waals surface area contributed by atoms with Crippen molar-refractivity contribution < 1.29 is 18.1 Å². The zero-order valence-electron chi connectivity index (χ0n) is 10.6. The van der Waals surface area contributed by atoms with Crippen molar-refractivity contribution in [3.63, 3.8) is 0 Å². The van der Waals surface area contributed by atoms with Gasteiger partial charge in [0.15, 0.2) is 0 Å². The Bertz CT molecular complexity index is 664. The van der Waals surface area contributed by atoms with Gasteiger partial charge in [0.05, 0.1) is 4.92 Å². The summed E-state index contributed by atoms with van der Waals surface area (Å²) >= 11 is -0.120. The van der Waals surface area contributed by atoms with Gasteiger partial charge in [-0.2, -0.15) is 13.2 Å². The van der Waals surface area contributed by atoms with Crippen LogP contribution in [0.5, 0.6) is 0 Å². The second-order valence-electron chi connectivity index (χ2n) is 4.01. The van der Waals surface area contributed by atoms with Gasteiger partial charge in [0.1, 0.15) is 5.52 Å². The molecular formula is C12H10F3N3O2S. The number of thioether (sulfide) groups is 1. The lowest BCUT2D eigenvalue weighted by atomic mass is 10.1. The third-order valence-corrected chi connectivity index (χ3v) is 3.37. The molecule has 5 nitrogen and oxygen atoms in total. The van der Waals surface area contributed by atoms with E-state index < -0.39 is 10.4 Å². The SMILES string of the molecule is O=[N+]([O-])c1cccc2c(NCCSC(F)(F)F)ccnc12. The number of hydrogen-bond donors (Lipinski definition) is 1. The maximum absolute atomic E-state index is 12.0. The zero-order chi connectivity index (χ0) is 15.5. The number of aromatic nitrogens is 1. The second kappa shape index (κ2) is 6.17. The number of hydrogen-bond acceptors (Lipinski definition) is 5. The van der Waals surface area contributed by atoms with Crippen LogP contribution < -0.4 is 5.32 Å². The molecule has 0 aliphatic heterocycles. The number of fused-ring (bicyclic) bond motifs is 1. The van der Waals surface area contributed by atoms with Crippen molar-refractivity contribution in [1.29, 1.82) is 0 Å². The summed E-state index contributed by atoms with van der Waals surface area (Å²) in [4.78, 5) is 14.3. The van der Waals surface area contributed by atoms with Crippen molar-refractivity contribution in [3.05, 3.63) is 40.6 Å². The van der Waals surface area contributed by atoms with E-state index in [0.29, 0.717) is 11.1 Å². The van der Waals surface area contributed by atoms with E-state index in [4.69, 9.17) is 0 Å². The molecule has 112 valence electrons. The standard InChI is InChI=1S/C12H10F3N3O2S/c13-12(14,15)21-7-6-16-9-4-5-17-11-8(9)2-1-3-10(11)18(19)20/h1-5H,6-7H2,(H,16,17). The van der Waals surface area contributed by atoms with Crippen molar-refractivity contribution in [2.45, 2.75) is 5.51 Å². The van der Waals surface area contributed by atoms with Crippen LogP contribution in [0.3, 0.4) is 0 Å². The lowest BCUT2D eigenvalue weighted by molar-refractivity contribution is -0.383. The monoisotopic (exact) mass is 317 g/mol. The van der Waals surface area contributed by atoms with Crippen LogP contribution in [0.2, 0.25) is 0 Å². The third kappa shape index (κ3) is 3.97. The number of para-hydroxylation sites is 1. The smallest absolute Gasteiger partial charge is 0.384 e. The van der Waals surface area contributed by atoms with E-state index in [-0.39, 0.29) is 35.3 Å². The van der Waals surface area contributed by atoms with E-state index in [2.05, 4.69) is 10.3 Å². The predicted molar refractivity (Wildman–Crippen MR) is 75.4 cm³/mol. The summed E-state index contributed by atoms with van der Waals surface area (Å²) in [6.45, 7) is 0.0893. The lowest BCUT2D eigenvalue weighted by Gasteiger charge is -2.10. The molecule has 21 heavy (non-hydrogen) atoms. The predicted octanol–water partition coefficient (Wildman–Crippen LogP) is 3.81. The van der Waals surface area contributed by atoms with Gasteiger partial charge in [0.25, 0.3) is 5.69 Å². The summed E-state index contributed by atoms with van der Waals surface area (Å²) in [5, 5.41) is 14.3. The van der Waals surface area contributed by atoms with Crippen molar-refractivity contribution >= 4 is 34.0 Å². The van der Waals surface area contributed by atoms with Crippen LogP contribution in [0.25, 0.3) is 10.9 Å². The minimum atomic E-state index is -4.26. The van der Waals surface area contributed by atoms with E-state index in [9.17, 15) is 23.3 Å². The maximum atomic E-state index is 12.0. The van der Waals surface area contributed by atoms with Gasteiger partial charge in [-0.05, 0) is 17.8 Å². The maximum Gasteiger partial charge on any atom is 0.441 e. The van der Waals surface area contributed by atoms with E-state index in [1.54, 1.807) is 12.1 Å². The van der Waals surface area contributed by atoms with E-state index in [1.165, 1.54) is 18.3 Å². The normalized spacial score (nSPS) is 11.6. The van der Waals surface area contributed by atoms with E-state index in [1.807, 2.05) is 0 Å². The van der Waals surface area contributed by atoms with E-state index >= 15 is 0 Å². The number of anilines is 1. The van der Waals surface area contributed by atoms with Crippen molar-refractivity contribution in [2.24, 2.45) is 0 Å². The number of nitrogens with zero attached hydrogens (tertiary/aromatic N) is 2. The van der Waals surface area contributed by atoms with Gasteiger partial charge in [0.2, 0.25) is 0 Å². The zero-order valence-corrected chi connectivity index (χ0v) is 11.4. The van der Waals surface area contributed by atoms with Gasteiger partial charge in [-0.3, -0.25) is 10.1 Å². The average molecular weight is 317 g/mol. The highest BCUT2D eigenvalue weighted by atomic mass is 32.2. The minimum Gasteiger partial charge on any atom is -0.384 e. The van der Waals surface area contributed by atoms with Gasteiger partial charge in [-0.15, -0.1) is 0 Å². The number of pyridine rings is 1. The molecule has 9 heteroatoms.